The van der Waals surface area contributed by atoms with Crippen LogP contribution in [0.4, 0.5) is 4.79 Å². The molecule has 0 radical (unpaired) electrons. The highest BCUT2D eigenvalue weighted by Crippen LogP contribution is 2.25. The molecule has 1 aliphatic heterocycles. The molecule has 0 saturated carbocycles. The maximum Gasteiger partial charge on any atom is 0.409 e. The average Bonchev–Trinajstić information content (AvgIpc) is 2.68. The summed E-state index contributed by atoms with van der Waals surface area (Å²) in [7, 11) is -2.05. The van der Waals surface area contributed by atoms with E-state index in [0.717, 1.165) is 29.4 Å². The summed E-state index contributed by atoms with van der Waals surface area (Å²) < 4.78 is 31.3. The minimum atomic E-state index is -3.39. The zero-order chi connectivity index (χ0) is 20.1. The Kier molecular flexibility index (Phi) is 6.31. The highest BCUT2D eigenvalue weighted by atomic mass is 32.2. The number of sulfonamides is 1. The Morgan fingerprint density at radius 3 is 2.68 bits per heavy atom. The van der Waals surface area contributed by atoms with E-state index in [1.165, 1.54) is 7.11 Å². The van der Waals surface area contributed by atoms with Gasteiger partial charge in [-0.3, -0.25) is 4.98 Å². The third-order valence-electron chi connectivity index (χ3n) is 4.94. The third kappa shape index (κ3) is 5.08. The maximum absolute atomic E-state index is 12.3. The number of benzene rings is 1. The van der Waals surface area contributed by atoms with Crippen molar-refractivity contribution in [3.8, 4) is 11.1 Å². The molecule has 1 aromatic heterocycles. The number of hydrogen-bond acceptors (Lipinski definition) is 5. The van der Waals surface area contributed by atoms with Crippen LogP contribution in [0.25, 0.3) is 11.1 Å². The number of amides is 1. The zero-order valence-electron chi connectivity index (χ0n) is 16.0. The van der Waals surface area contributed by atoms with E-state index in [0.29, 0.717) is 19.4 Å². The smallest absolute Gasteiger partial charge is 0.409 e. The van der Waals surface area contributed by atoms with Gasteiger partial charge in [0, 0.05) is 25.0 Å². The molecule has 1 saturated heterocycles. The normalized spacial score (nSPS) is 20.0. The van der Waals surface area contributed by atoms with Crippen LogP contribution in [0.1, 0.15) is 18.4 Å². The zero-order valence-corrected chi connectivity index (χ0v) is 16.9. The van der Waals surface area contributed by atoms with Crippen LogP contribution in [0.3, 0.4) is 0 Å². The van der Waals surface area contributed by atoms with E-state index in [2.05, 4.69) is 15.8 Å². The molecule has 0 spiro atoms. The molecule has 7 nitrogen and oxygen atoms in total. The minimum absolute atomic E-state index is 0.316. The van der Waals surface area contributed by atoms with Gasteiger partial charge in [0.25, 0.3) is 0 Å². The number of ether oxygens (including phenoxy) is 1. The first-order valence-corrected chi connectivity index (χ1v) is 11.1. The molecule has 8 heteroatoms. The fourth-order valence-corrected chi connectivity index (χ4v) is 4.55. The number of rotatable bonds is 5. The van der Waals surface area contributed by atoms with Crippen LogP contribution in [0.5, 0.6) is 0 Å². The van der Waals surface area contributed by atoms with E-state index in [9.17, 15) is 13.2 Å². The van der Waals surface area contributed by atoms with Crippen LogP contribution in [0, 0.1) is 0 Å². The van der Waals surface area contributed by atoms with Gasteiger partial charge in [-0.05, 0) is 48.1 Å². The first-order chi connectivity index (χ1) is 13.4. The molecule has 0 bridgehead atoms. The number of carbonyl (C=O) groups excluding carboxylic acids is 1. The van der Waals surface area contributed by atoms with Gasteiger partial charge < -0.3 is 9.64 Å². The van der Waals surface area contributed by atoms with Crippen molar-refractivity contribution in [2.45, 2.75) is 31.3 Å². The number of piperidine rings is 1. The highest BCUT2D eigenvalue weighted by molar-refractivity contribution is 7.88. The van der Waals surface area contributed by atoms with E-state index in [-0.39, 0.29) is 12.1 Å². The van der Waals surface area contributed by atoms with E-state index >= 15 is 0 Å². The molecular formula is C20H25N3O4S. The van der Waals surface area contributed by atoms with Crippen LogP contribution < -0.4 is 4.72 Å². The minimum Gasteiger partial charge on any atom is -0.453 e. The van der Waals surface area contributed by atoms with Crippen molar-refractivity contribution in [1.29, 1.82) is 0 Å². The quantitative estimate of drug-likeness (QED) is 0.828. The van der Waals surface area contributed by atoms with Crippen molar-refractivity contribution in [3.05, 3.63) is 54.4 Å². The first-order valence-electron chi connectivity index (χ1n) is 9.18. The lowest BCUT2D eigenvalue weighted by atomic mass is 9.91. The van der Waals surface area contributed by atoms with E-state index < -0.39 is 16.1 Å². The largest absolute Gasteiger partial charge is 0.453 e. The van der Waals surface area contributed by atoms with Gasteiger partial charge in [0.2, 0.25) is 10.0 Å². The molecule has 0 unspecified atom stereocenters. The Morgan fingerprint density at radius 2 is 2.00 bits per heavy atom. The van der Waals surface area contributed by atoms with Crippen LogP contribution in [0.15, 0.2) is 48.8 Å². The number of nitrogens with one attached hydrogen (secondary N) is 1. The standard InChI is InChI=1S/C20H25N3O4S/c1-27-20(24)23-12-4-7-18(22-28(2,25)26)19(23)14-15-5-3-6-17(13-15)16-8-10-21-11-9-16/h3,5-6,8-11,13,18-19,22H,4,7,12,14H2,1-2H3/t18-,19-/m1/s1. The monoisotopic (exact) mass is 403 g/mol. The molecule has 1 aromatic carbocycles. The number of aromatic nitrogens is 1. The van der Waals surface area contributed by atoms with Gasteiger partial charge in [-0.1, -0.05) is 24.3 Å². The second-order valence-electron chi connectivity index (χ2n) is 7.01. The number of nitrogens with zero attached hydrogens (tertiary/aromatic N) is 2. The van der Waals surface area contributed by atoms with Crippen LogP contribution in [0.2, 0.25) is 0 Å². The molecule has 2 aromatic rings. The number of methoxy groups -OCH3 is 1. The summed E-state index contributed by atoms with van der Waals surface area (Å²) in [6, 6.07) is 11.3. The summed E-state index contributed by atoms with van der Waals surface area (Å²) in [6.45, 7) is 0.545. The molecule has 3 rings (SSSR count). The van der Waals surface area contributed by atoms with Gasteiger partial charge >= 0.3 is 6.09 Å². The number of carbonyl (C=O) groups is 1. The van der Waals surface area contributed by atoms with Crippen molar-refractivity contribution >= 4 is 16.1 Å². The lowest BCUT2D eigenvalue weighted by Crippen LogP contribution is -2.57. The van der Waals surface area contributed by atoms with Crippen LogP contribution in [-0.2, 0) is 21.2 Å². The topological polar surface area (TPSA) is 88.6 Å². The average molecular weight is 404 g/mol. The lowest BCUT2D eigenvalue weighted by Gasteiger charge is -2.40. The molecule has 1 amide bonds. The van der Waals surface area contributed by atoms with E-state index in [1.54, 1.807) is 17.3 Å². The molecule has 1 aliphatic rings. The Bertz CT molecular complexity index is 918. The lowest BCUT2D eigenvalue weighted by molar-refractivity contribution is 0.0792. The van der Waals surface area contributed by atoms with Gasteiger partial charge in [-0.25, -0.2) is 17.9 Å². The summed E-state index contributed by atoms with van der Waals surface area (Å²) in [6.07, 6.45) is 6.12. The van der Waals surface area contributed by atoms with Crippen molar-refractivity contribution < 1.29 is 17.9 Å². The predicted octanol–water partition coefficient (Wildman–Crippen LogP) is 2.44. The number of likely N-dealkylation sites (tertiary alicyclic amines) is 1. The van der Waals surface area contributed by atoms with Crippen LogP contribution in [-0.4, -0.2) is 56.4 Å². The summed E-state index contributed by atoms with van der Waals surface area (Å²) in [5, 5.41) is 0. The molecule has 28 heavy (non-hydrogen) atoms. The Morgan fingerprint density at radius 1 is 1.25 bits per heavy atom. The summed E-state index contributed by atoms with van der Waals surface area (Å²) in [4.78, 5) is 18.0. The predicted molar refractivity (Wildman–Crippen MR) is 107 cm³/mol. The molecular weight excluding hydrogens is 378 g/mol. The fourth-order valence-electron chi connectivity index (χ4n) is 3.73. The summed E-state index contributed by atoms with van der Waals surface area (Å²) >= 11 is 0. The number of hydrogen-bond donors (Lipinski definition) is 1. The number of pyridine rings is 1. The molecule has 150 valence electrons. The molecule has 0 aliphatic carbocycles. The maximum atomic E-state index is 12.3. The van der Waals surface area contributed by atoms with E-state index in [1.807, 2.05) is 30.3 Å². The fraction of sp³-hybridized carbons (Fsp3) is 0.400. The van der Waals surface area contributed by atoms with Gasteiger partial charge in [-0.15, -0.1) is 0 Å². The molecule has 1 N–H and O–H groups in total. The van der Waals surface area contributed by atoms with Gasteiger partial charge in [-0.2, -0.15) is 0 Å². The Labute approximate surface area is 165 Å². The van der Waals surface area contributed by atoms with E-state index in [4.69, 9.17) is 4.74 Å². The van der Waals surface area contributed by atoms with Gasteiger partial charge in [0.15, 0.2) is 0 Å². The van der Waals surface area contributed by atoms with Crippen molar-refractivity contribution in [2.24, 2.45) is 0 Å². The van der Waals surface area contributed by atoms with Crippen molar-refractivity contribution in [3.63, 3.8) is 0 Å². The van der Waals surface area contributed by atoms with Crippen molar-refractivity contribution in [1.82, 2.24) is 14.6 Å². The SMILES string of the molecule is COC(=O)N1CCC[C@@H](NS(C)(=O)=O)[C@H]1Cc1cccc(-c2ccncc2)c1. The first kappa shape index (κ1) is 20.3. The second kappa shape index (κ2) is 8.70. The Hall–Kier alpha value is -2.45. The molecule has 2 heterocycles. The Balaban J connectivity index is 1.89. The van der Waals surface area contributed by atoms with Gasteiger partial charge in [0.1, 0.15) is 0 Å². The highest BCUT2D eigenvalue weighted by Gasteiger charge is 2.36. The third-order valence-corrected chi connectivity index (χ3v) is 5.67. The van der Waals surface area contributed by atoms with Gasteiger partial charge in [0.05, 0.1) is 19.4 Å². The van der Waals surface area contributed by atoms with Crippen molar-refractivity contribution in [2.75, 3.05) is 19.9 Å². The molecule has 2 atom stereocenters. The summed E-state index contributed by atoms with van der Waals surface area (Å²) in [5.74, 6) is 0. The molecule has 1 fully saturated rings. The van der Waals surface area contributed by atoms with Crippen LogP contribution >= 0.6 is 0 Å². The second-order valence-corrected chi connectivity index (χ2v) is 8.79. The summed E-state index contributed by atoms with van der Waals surface area (Å²) in [5.41, 5.74) is 3.12.